The Balaban J connectivity index is 1.50. The van der Waals surface area contributed by atoms with Crippen molar-refractivity contribution in [1.29, 1.82) is 0 Å². The average Bonchev–Trinajstić information content (AvgIpc) is 3.26. The lowest BCUT2D eigenvalue weighted by Gasteiger charge is -2.17. The van der Waals surface area contributed by atoms with Crippen molar-refractivity contribution in [2.24, 2.45) is 0 Å². The minimum atomic E-state index is -0.324. The summed E-state index contributed by atoms with van der Waals surface area (Å²) in [5, 5.41) is 8.25. The highest BCUT2D eigenvalue weighted by Crippen LogP contribution is 2.24. The number of aromatic nitrogens is 3. The minimum absolute atomic E-state index is 0.0363. The molecule has 2 aliphatic heterocycles. The van der Waals surface area contributed by atoms with Gasteiger partial charge < -0.3 is 23.7 Å². The standard InChI is InChI=1S/C15H23B2N3O5/c1-21-8-13-11(4-15(17)25-13)23-7-9-5-20(19-18-9)6-12-10(22-2)3-14(16)24-12/h5,10-15H,3-4,6-8H2,1-2H3/t10?,11?,12-,13-,14-,15-/m1/s1. The zero-order valence-electron chi connectivity index (χ0n) is 14.6. The van der Waals surface area contributed by atoms with Crippen molar-refractivity contribution in [3.05, 3.63) is 11.9 Å². The Morgan fingerprint density at radius 2 is 1.88 bits per heavy atom. The summed E-state index contributed by atoms with van der Waals surface area (Å²) in [6.45, 7) is 1.31. The van der Waals surface area contributed by atoms with Crippen LogP contribution >= 0.6 is 0 Å². The van der Waals surface area contributed by atoms with Crippen molar-refractivity contribution in [3.63, 3.8) is 0 Å². The zero-order chi connectivity index (χ0) is 17.8. The summed E-state index contributed by atoms with van der Waals surface area (Å²) in [5.74, 6) is 0. The molecule has 25 heavy (non-hydrogen) atoms. The summed E-state index contributed by atoms with van der Waals surface area (Å²) in [6, 6.07) is -0.624. The van der Waals surface area contributed by atoms with Crippen molar-refractivity contribution in [2.75, 3.05) is 20.8 Å². The zero-order valence-corrected chi connectivity index (χ0v) is 14.6. The van der Waals surface area contributed by atoms with E-state index in [4.69, 9.17) is 39.4 Å². The van der Waals surface area contributed by atoms with Gasteiger partial charge in [0.25, 0.3) is 0 Å². The Labute approximate surface area is 150 Å². The van der Waals surface area contributed by atoms with Gasteiger partial charge >= 0.3 is 0 Å². The first-order chi connectivity index (χ1) is 12.1. The molecular weight excluding hydrogens is 324 g/mol. The molecule has 0 N–H and O–H groups in total. The Hall–Kier alpha value is -0.930. The Kier molecular flexibility index (Phi) is 6.51. The van der Waals surface area contributed by atoms with E-state index in [9.17, 15) is 0 Å². The van der Waals surface area contributed by atoms with E-state index < -0.39 is 0 Å². The van der Waals surface area contributed by atoms with Gasteiger partial charge in [-0.05, 0) is 12.8 Å². The molecule has 2 aliphatic rings. The van der Waals surface area contributed by atoms with Gasteiger partial charge in [0.1, 0.15) is 33.6 Å². The van der Waals surface area contributed by atoms with E-state index in [1.165, 1.54) is 0 Å². The van der Waals surface area contributed by atoms with E-state index in [-0.39, 0.29) is 36.4 Å². The first-order valence-corrected chi connectivity index (χ1v) is 8.43. The fourth-order valence-electron chi connectivity index (χ4n) is 3.26. The molecule has 2 unspecified atom stereocenters. The van der Waals surface area contributed by atoms with Crippen molar-refractivity contribution in [1.82, 2.24) is 15.0 Å². The molecule has 0 amide bonds. The minimum Gasteiger partial charge on any atom is -0.382 e. The van der Waals surface area contributed by atoms with Crippen LogP contribution in [0.15, 0.2) is 6.20 Å². The third-order valence-electron chi connectivity index (χ3n) is 4.49. The summed E-state index contributed by atoms with van der Waals surface area (Å²) in [5.41, 5.74) is 0.730. The smallest absolute Gasteiger partial charge is 0.109 e. The third-order valence-corrected chi connectivity index (χ3v) is 4.49. The van der Waals surface area contributed by atoms with Crippen LogP contribution in [0, 0.1) is 0 Å². The Morgan fingerprint density at radius 1 is 1.16 bits per heavy atom. The molecule has 0 saturated carbocycles. The molecule has 0 aliphatic carbocycles. The van der Waals surface area contributed by atoms with Gasteiger partial charge in [-0.3, -0.25) is 0 Å². The largest absolute Gasteiger partial charge is 0.382 e. The van der Waals surface area contributed by atoms with Crippen LogP contribution in [0.2, 0.25) is 0 Å². The van der Waals surface area contributed by atoms with Crippen LogP contribution in [0.25, 0.3) is 0 Å². The fourth-order valence-corrected chi connectivity index (χ4v) is 3.26. The van der Waals surface area contributed by atoms with Crippen LogP contribution in [0.4, 0.5) is 0 Å². The lowest BCUT2D eigenvalue weighted by atomic mass is 9.96. The Bertz CT molecular complexity index is 549. The van der Waals surface area contributed by atoms with Crippen molar-refractivity contribution in [3.8, 4) is 0 Å². The number of hydrogen-bond acceptors (Lipinski definition) is 7. The third kappa shape index (κ3) is 4.83. The number of ether oxygens (including phenoxy) is 5. The molecule has 1 aromatic heterocycles. The maximum atomic E-state index is 5.89. The van der Waals surface area contributed by atoms with Crippen molar-refractivity contribution >= 4 is 15.7 Å². The molecule has 8 nitrogen and oxygen atoms in total. The highest BCUT2D eigenvalue weighted by molar-refractivity contribution is 6.11. The first kappa shape index (κ1) is 18.8. The predicted molar refractivity (Wildman–Crippen MR) is 89.3 cm³/mol. The summed E-state index contributed by atoms with van der Waals surface area (Å²) in [7, 11) is 14.9. The van der Waals surface area contributed by atoms with Crippen LogP contribution in [0.3, 0.4) is 0 Å². The normalized spacial score (nSPS) is 35.4. The second-order valence-electron chi connectivity index (χ2n) is 6.41. The van der Waals surface area contributed by atoms with Gasteiger partial charge in [0, 0.05) is 26.2 Å². The lowest BCUT2D eigenvalue weighted by molar-refractivity contribution is -0.0522. The molecule has 0 bridgehead atoms. The van der Waals surface area contributed by atoms with E-state index in [0.29, 0.717) is 32.6 Å². The molecule has 4 radical (unpaired) electrons. The number of hydrogen-bond donors (Lipinski definition) is 0. The van der Waals surface area contributed by atoms with Crippen LogP contribution in [0.5, 0.6) is 0 Å². The maximum absolute atomic E-state index is 5.89. The van der Waals surface area contributed by atoms with Crippen LogP contribution in [-0.2, 0) is 36.8 Å². The topological polar surface area (TPSA) is 76.9 Å². The molecule has 6 atom stereocenters. The van der Waals surface area contributed by atoms with Crippen molar-refractivity contribution in [2.45, 2.75) is 62.4 Å². The van der Waals surface area contributed by atoms with Gasteiger partial charge in [0.15, 0.2) is 0 Å². The first-order valence-electron chi connectivity index (χ1n) is 8.43. The molecule has 10 heteroatoms. The highest BCUT2D eigenvalue weighted by Gasteiger charge is 2.34. The number of rotatable bonds is 8. The molecule has 3 rings (SSSR count). The summed E-state index contributed by atoms with van der Waals surface area (Å²) < 4.78 is 29.4. The predicted octanol–water partition coefficient (Wildman–Crippen LogP) is -0.608. The summed E-state index contributed by atoms with van der Waals surface area (Å²) in [4.78, 5) is 0. The van der Waals surface area contributed by atoms with Gasteiger partial charge in [-0.25, -0.2) is 4.68 Å². The second-order valence-corrected chi connectivity index (χ2v) is 6.41. The molecule has 2 fully saturated rings. The average molecular weight is 347 g/mol. The molecule has 0 spiro atoms. The molecule has 1 aromatic rings. The summed E-state index contributed by atoms with van der Waals surface area (Å²) in [6.07, 6.45) is 2.69. The van der Waals surface area contributed by atoms with Gasteiger partial charge in [-0.2, -0.15) is 0 Å². The summed E-state index contributed by atoms with van der Waals surface area (Å²) >= 11 is 0. The van der Waals surface area contributed by atoms with E-state index in [2.05, 4.69) is 10.3 Å². The van der Waals surface area contributed by atoms with E-state index in [1.54, 1.807) is 18.9 Å². The van der Waals surface area contributed by atoms with Gasteiger partial charge in [-0.1, -0.05) is 5.21 Å². The SMILES string of the molecule is [B][C@H]1CC(OC)[C@@H](Cn2cc(COC3C[C@H]([B])O[C@@H]3COC)nn2)O1. The van der Waals surface area contributed by atoms with E-state index >= 15 is 0 Å². The van der Waals surface area contributed by atoms with E-state index in [1.807, 2.05) is 6.20 Å². The molecular formula is C15H23B2N3O5. The van der Waals surface area contributed by atoms with Gasteiger partial charge in [0.05, 0.1) is 38.2 Å². The monoisotopic (exact) mass is 347 g/mol. The number of nitrogens with zero attached hydrogens (tertiary/aromatic N) is 3. The van der Waals surface area contributed by atoms with Crippen LogP contribution in [0.1, 0.15) is 18.5 Å². The van der Waals surface area contributed by atoms with Gasteiger partial charge in [0.2, 0.25) is 0 Å². The quantitative estimate of drug-likeness (QED) is 0.581. The van der Waals surface area contributed by atoms with Crippen LogP contribution < -0.4 is 0 Å². The number of methoxy groups -OCH3 is 2. The second kappa shape index (κ2) is 8.64. The maximum Gasteiger partial charge on any atom is 0.109 e. The Morgan fingerprint density at radius 3 is 2.60 bits per heavy atom. The molecule has 2 saturated heterocycles. The molecule has 134 valence electrons. The van der Waals surface area contributed by atoms with Gasteiger partial charge in [-0.15, -0.1) is 5.10 Å². The highest BCUT2D eigenvalue weighted by atomic mass is 16.6. The van der Waals surface area contributed by atoms with Crippen molar-refractivity contribution < 1.29 is 23.7 Å². The fraction of sp³-hybridized carbons (Fsp3) is 0.867. The van der Waals surface area contributed by atoms with E-state index in [0.717, 1.165) is 5.69 Å². The lowest BCUT2D eigenvalue weighted by Crippen LogP contribution is -2.29. The molecule has 0 aromatic carbocycles. The molecule has 3 heterocycles. The van der Waals surface area contributed by atoms with Crippen LogP contribution in [-0.4, -0.2) is 87.9 Å².